The van der Waals surface area contributed by atoms with Gasteiger partial charge in [-0.25, -0.2) is 12.8 Å². The summed E-state index contributed by atoms with van der Waals surface area (Å²) in [5, 5.41) is 18.5. The molecule has 0 bridgehead atoms. The van der Waals surface area contributed by atoms with Gasteiger partial charge in [0.15, 0.2) is 0 Å². The summed E-state index contributed by atoms with van der Waals surface area (Å²) in [6.07, 6.45) is -1.04. The van der Waals surface area contributed by atoms with E-state index in [0.717, 1.165) is 16.4 Å². The van der Waals surface area contributed by atoms with E-state index in [9.17, 15) is 22.7 Å². The van der Waals surface area contributed by atoms with Crippen molar-refractivity contribution in [2.24, 2.45) is 5.92 Å². The van der Waals surface area contributed by atoms with Crippen molar-refractivity contribution >= 4 is 16.0 Å². The molecule has 2 rings (SSSR count). The number of piperidine rings is 1. The molecule has 2 N–H and O–H groups in total. The fourth-order valence-electron chi connectivity index (χ4n) is 2.15. The van der Waals surface area contributed by atoms with E-state index in [1.165, 1.54) is 12.1 Å². The number of carboxylic acid groups (broad SMARTS) is 1. The van der Waals surface area contributed by atoms with Crippen LogP contribution in [0.2, 0.25) is 0 Å². The fraction of sp³-hybridized carbons (Fsp3) is 0.417. The first-order valence-corrected chi connectivity index (χ1v) is 7.43. The van der Waals surface area contributed by atoms with E-state index >= 15 is 0 Å². The number of sulfonamides is 1. The maximum absolute atomic E-state index is 13.1. The van der Waals surface area contributed by atoms with E-state index in [1.54, 1.807) is 0 Å². The van der Waals surface area contributed by atoms with Crippen LogP contribution in [0.4, 0.5) is 4.39 Å². The van der Waals surface area contributed by atoms with Gasteiger partial charge in [-0.3, -0.25) is 4.79 Å². The molecule has 1 aromatic carbocycles. The number of nitrogens with zero attached hydrogens (tertiary/aromatic N) is 1. The third-order valence-corrected chi connectivity index (χ3v) is 5.15. The Morgan fingerprint density at radius 1 is 1.40 bits per heavy atom. The van der Waals surface area contributed by atoms with Crippen molar-refractivity contribution in [2.75, 3.05) is 13.1 Å². The molecule has 1 heterocycles. The summed E-state index contributed by atoms with van der Waals surface area (Å²) >= 11 is 0. The maximum atomic E-state index is 13.1. The van der Waals surface area contributed by atoms with Crippen molar-refractivity contribution in [1.82, 2.24) is 4.31 Å². The van der Waals surface area contributed by atoms with Crippen molar-refractivity contribution in [3.63, 3.8) is 0 Å². The number of hydrogen-bond acceptors (Lipinski definition) is 4. The number of aliphatic carboxylic acids is 1. The Bertz CT molecular complexity index is 618. The monoisotopic (exact) mass is 303 g/mol. The highest BCUT2D eigenvalue weighted by Crippen LogP contribution is 2.24. The van der Waals surface area contributed by atoms with E-state index < -0.39 is 33.8 Å². The molecule has 0 aromatic heterocycles. The van der Waals surface area contributed by atoms with Gasteiger partial charge >= 0.3 is 5.97 Å². The zero-order valence-corrected chi connectivity index (χ0v) is 11.3. The van der Waals surface area contributed by atoms with E-state index in [2.05, 4.69) is 0 Å². The predicted molar refractivity (Wildman–Crippen MR) is 66.9 cm³/mol. The number of aliphatic hydroxyl groups is 1. The molecule has 0 amide bonds. The first-order valence-electron chi connectivity index (χ1n) is 5.99. The lowest BCUT2D eigenvalue weighted by molar-refractivity contribution is -0.147. The zero-order chi connectivity index (χ0) is 14.9. The van der Waals surface area contributed by atoms with Crippen molar-refractivity contribution in [2.45, 2.75) is 17.4 Å². The summed E-state index contributed by atoms with van der Waals surface area (Å²) in [6.45, 7) is -0.320. The number of carbonyl (C=O) groups is 1. The van der Waals surface area contributed by atoms with Crippen LogP contribution in [0.1, 0.15) is 6.42 Å². The van der Waals surface area contributed by atoms with Crippen LogP contribution < -0.4 is 0 Å². The van der Waals surface area contributed by atoms with Gasteiger partial charge in [-0.05, 0) is 24.6 Å². The summed E-state index contributed by atoms with van der Waals surface area (Å²) in [7, 11) is -3.96. The highest BCUT2D eigenvalue weighted by Gasteiger charge is 2.38. The van der Waals surface area contributed by atoms with Gasteiger partial charge in [0.2, 0.25) is 10.0 Å². The number of carboxylic acids is 1. The van der Waals surface area contributed by atoms with Gasteiger partial charge in [0, 0.05) is 13.1 Å². The second-order valence-electron chi connectivity index (χ2n) is 4.62. The van der Waals surface area contributed by atoms with E-state index in [-0.39, 0.29) is 24.4 Å². The smallest absolute Gasteiger partial charge is 0.310 e. The van der Waals surface area contributed by atoms with E-state index in [0.29, 0.717) is 0 Å². The Hall–Kier alpha value is -1.51. The number of aliphatic hydroxyl groups excluding tert-OH is 1. The molecule has 110 valence electrons. The lowest BCUT2D eigenvalue weighted by Crippen LogP contribution is -2.48. The van der Waals surface area contributed by atoms with E-state index in [1.807, 2.05) is 0 Å². The fourth-order valence-corrected chi connectivity index (χ4v) is 3.66. The second-order valence-corrected chi connectivity index (χ2v) is 6.56. The summed E-state index contributed by atoms with van der Waals surface area (Å²) in [6, 6.07) is 4.53. The molecule has 1 aliphatic heterocycles. The molecule has 1 fully saturated rings. The van der Waals surface area contributed by atoms with Gasteiger partial charge in [-0.2, -0.15) is 4.31 Å². The van der Waals surface area contributed by atoms with Gasteiger partial charge < -0.3 is 10.2 Å². The molecule has 20 heavy (non-hydrogen) atoms. The predicted octanol–water partition coefficient (Wildman–Crippen LogP) is 0.282. The molecule has 1 aromatic rings. The average Bonchev–Trinajstić information content (AvgIpc) is 2.38. The topological polar surface area (TPSA) is 94.9 Å². The molecule has 0 spiro atoms. The Labute approximate surface area is 115 Å². The lowest BCUT2D eigenvalue weighted by atomic mass is 9.96. The lowest BCUT2D eigenvalue weighted by Gasteiger charge is -2.33. The number of hydrogen-bond donors (Lipinski definition) is 2. The van der Waals surface area contributed by atoms with Crippen LogP contribution in [0, 0.1) is 11.7 Å². The SMILES string of the molecule is O=C(O)[C@H]1CN(S(=O)(=O)c2cccc(F)c2)CC[C@@H]1O. The number of rotatable bonds is 3. The Kier molecular flexibility index (Phi) is 4.07. The standard InChI is InChI=1S/C12H14FNO5S/c13-8-2-1-3-9(6-8)20(18,19)14-5-4-11(15)10(7-14)12(16)17/h1-3,6,10-11,15H,4-5,7H2,(H,16,17)/t10-,11-/m0/s1. The Morgan fingerprint density at radius 2 is 2.10 bits per heavy atom. The highest BCUT2D eigenvalue weighted by atomic mass is 32.2. The Morgan fingerprint density at radius 3 is 2.70 bits per heavy atom. The van der Waals surface area contributed by atoms with Crippen LogP contribution in [0.15, 0.2) is 29.2 Å². The van der Waals surface area contributed by atoms with Gasteiger partial charge in [0.05, 0.1) is 16.9 Å². The second kappa shape index (κ2) is 5.47. The normalized spacial score (nSPS) is 24.5. The molecule has 1 aliphatic rings. The van der Waals surface area contributed by atoms with Crippen LogP contribution in [-0.4, -0.2) is 48.1 Å². The van der Waals surface area contributed by atoms with Crippen LogP contribution in [0.3, 0.4) is 0 Å². The third-order valence-electron chi connectivity index (χ3n) is 3.29. The van der Waals surface area contributed by atoms with Crippen molar-refractivity contribution in [1.29, 1.82) is 0 Å². The molecule has 2 atom stereocenters. The van der Waals surface area contributed by atoms with Gasteiger partial charge in [-0.1, -0.05) is 6.07 Å². The van der Waals surface area contributed by atoms with Gasteiger partial charge in [-0.15, -0.1) is 0 Å². The maximum Gasteiger partial charge on any atom is 0.310 e. The minimum atomic E-state index is -3.96. The van der Waals surface area contributed by atoms with Crippen LogP contribution in [0.5, 0.6) is 0 Å². The van der Waals surface area contributed by atoms with Crippen molar-refractivity contribution in [3.05, 3.63) is 30.1 Å². The minimum absolute atomic E-state index is 0.00376. The first-order chi connectivity index (χ1) is 9.32. The molecule has 0 aliphatic carbocycles. The quantitative estimate of drug-likeness (QED) is 0.836. The molecular formula is C12H14FNO5S. The molecule has 0 radical (unpaired) electrons. The van der Waals surface area contributed by atoms with Crippen molar-refractivity contribution < 1.29 is 27.8 Å². The Balaban J connectivity index is 2.29. The molecule has 8 heteroatoms. The molecular weight excluding hydrogens is 289 g/mol. The van der Waals surface area contributed by atoms with Crippen LogP contribution >= 0.6 is 0 Å². The molecule has 0 unspecified atom stereocenters. The molecule has 6 nitrogen and oxygen atoms in total. The van der Waals surface area contributed by atoms with Crippen LogP contribution in [0.25, 0.3) is 0 Å². The average molecular weight is 303 g/mol. The highest BCUT2D eigenvalue weighted by molar-refractivity contribution is 7.89. The third kappa shape index (κ3) is 2.82. The molecule has 0 saturated carbocycles. The van der Waals surface area contributed by atoms with E-state index in [4.69, 9.17) is 5.11 Å². The molecule has 1 saturated heterocycles. The summed E-state index contributed by atoms with van der Waals surface area (Å²) in [4.78, 5) is 10.8. The largest absolute Gasteiger partial charge is 0.481 e. The van der Waals surface area contributed by atoms with Crippen LogP contribution in [-0.2, 0) is 14.8 Å². The first kappa shape index (κ1) is 14.9. The number of halogens is 1. The summed E-state index contributed by atoms with van der Waals surface area (Å²) in [5.74, 6) is -3.11. The van der Waals surface area contributed by atoms with Crippen molar-refractivity contribution in [3.8, 4) is 0 Å². The van der Waals surface area contributed by atoms with Gasteiger partial charge in [0.1, 0.15) is 5.82 Å². The van der Waals surface area contributed by atoms with Gasteiger partial charge in [0.25, 0.3) is 0 Å². The summed E-state index contributed by atoms with van der Waals surface area (Å²) < 4.78 is 38.7. The summed E-state index contributed by atoms with van der Waals surface area (Å²) in [5.41, 5.74) is 0. The zero-order valence-electron chi connectivity index (χ0n) is 10.4. The minimum Gasteiger partial charge on any atom is -0.481 e. The number of benzene rings is 1.